The molecule has 1 saturated heterocycles. The van der Waals surface area contributed by atoms with E-state index in [0.717, 1.165) is 27.8 Å². The molecule has 2 aromatic heterocycles. The van der Waals surface area contributed by atoms with Crippen LogP contribution in [0.2, 0.25) is 0 Å². The molecule has 1 aliphatic heterocycles. The summed E-state index contributed by atoms with van der Waals surface area (Å²) in [5, 5.41) is 0. The predicted molar refractivity (Wildman–Crippen MR) is 126 cm³/mol. The van der Waals surface area contributed by atoms with Crippen molar-refractivity contribution in [2.45, 2.75) is 39.5 Å². The third-order valence-corrected chi connectivity index (χ3v) is 8.99. The van der Waals surface area contributed by atoms with Crippen molar-refractivity contribution in [2.24, 2.45) is 0 Å². The van der Waals surface area contributed by atoms with Gasteiger partial charge < -0.3 is 4.90 Å². The van der Waals surface area contributed by atoms with Gasteiger partial charge in [-0.15, -0.1) is 0 Å². The monoisotopic (exact) mass is 467 g/mol. The van der Waals surface area contributed by atoms with Gasteiger partial charge in [-0.25, -0.2) is 18.4 Å². The Balaban J connectivity index is 1.49. The van der Waals surface area contributed by atoms with Gasteiger partial charge in [0.05, 0.1) is 10.5 Å². The van der Waals surface area contributed by atoms with Crippen LogP contribution in [0.4, 0.5) is 0 Å². The van der Waals surface area contributed by atoms with E-state index in [1.54, 1.807) is 46.5 Å². The zero-order valence-corrected chi connectivity index (χ0v) is 20.5. The first kappa shape index (κ1) is 23.1. The third-order valence-electron chi connectivity index (χ3n) is 6.82. The summed E-state index contributed by atoms with van der Waals surface area (Å²) in [5.74, 6) is 0.528. The topological polar surface area (TPSA) is 88.4 Å². The number of sulfonamides is 1. The Morgan fingerprint density at radius 3 is 2.00 bits per heavy atom. The van der Waals surface area contributed by atoms with Crippen LogP contribution in [0.1, 0.15) is 38.2 Å². The van der Waals surface area contributed by atoms with Crippen LogP contribution in [0.5, 0.6) is 0 Å². The number of benzene rings is 1. The third kappa shape index (κ3) is 4.06. The van der Waals surface area contributed by atoms with Gasteiger partial charge in [0.1, 0.15) is 12.1 Å². The summed E-state index contributed by atoms with van der Waals surface area (Å²) < 4.78 is 30.4. The highest BCUT2D eigenvalue weighted by Gasteiger charge is 2.33. The van der Waals surface area contributed by atoms with E-state index in [2.05, 4.69) is 9.97 Å². The average molecular weight is 468 g/mol. The van der Waals surface area contributed by atoms with E-state index >= 15 is 0 Å². The molecular formula is C24H29N5O3S. The molecule has 1 amide bonds. The van der Waals surface area contributed by atoms with Gasteiger partial charge in [0.15, 0.2) is 0 Å². The summed E-state index contributed by atoms with van der Waals surface area (Å²) in [4.78, 5) is 23.4. The Hall–Kier alpha value is -3.04. The van der Waals surface area contributed by atoms with Crippen molar-refractivity contribution in [2.75, 3.05) is 26.2 Å². The van der Waals surface area contributed by atoms with Gasteiger partial charge in [-0.3, -0.25) is 9.36 Å². The Kier molecular flexibility index (Phi) is 6.11. The minimum Gasteiger partial charge on any atom is -0.336 e. The molecule has 1 aliphatic rings. The maximum Gasteiger partial charge on any atom is 0.255 e. The number of hydrogen-bond donors (Lipinski definition) is 0. The fraction of sp³-hybridized carbons (Fsp3) is 0.375. The number of piperazine rings is 1. The molecule has 3 heterocycles. The molecule has 174 valence electrons. The Bertz CT molecular complexity index is 1260. The molecule has 1 fully saturated rings. The fourth-order valence-electron chi connectivity index (χ4n) is 4.36. The minimum absolute atomic E-state index is 0.147. The molecule has 1 aromatic carbocycles. The van der Waals surface area contributed by atoms with Gasteiger partial charge in [0, 0.05) is 44.8 Å². The molecule has 0 unspecified atom stereocenters. The molecule has 8 nitrogen and oxygen atoms in total. The van der Waals surface area contributed by atoms with Crippen molar-refractivity contribution >= 4 is 15.9 Å². The summed E-state index contributed by atoms with van der Waals surface area (Å²) in [6, 6.07) is 3.50. The maximum atomic E-state index is 13.5. The summed E-state index contributed by atoms with van der Waals surface area (Å²) >= 11 is 0. The summed E-state index contributed by atoms with van der Waals surface area (Å²) in [6.07, 6.45) is 6.63. The van der Waals surface area contributed by atoms with Gasteiger partial charge in [0.2, 0.25) is 10.0 Å². The van der Waals surface area contributed by atoms with Gasteiger partial charge in [-0.1, -0.05) is 0 Å². The zero-order valence-electron chi connectivity index (χ0n) is 19.7. The van der Waals surface area contributed by atoms with E-state index in [4.69, 9.17) is 0 Å². The van der Waals surface area contributed by atoms with Crippen molar-refractivity contribution in [3.63, 3.8) is 0 Å². The van der Waals surface area contributed by atoms with Crippen LogP contribution in [-0.4, -0.2) is 64.2 Å². The van der Waals surface area contributed by atoms with Crippen molar-refractivity contribution in [1.82, 2.24) is 23.7 Å². The first-order chi connectivity index (χ1) is 15.6. The smallest absolute Gasteiger partial charge is 0.255 e. The number of carbonyl (C=O) groups excluding carboxylic acids is 1. The highest BCUT2D eigenvalue weighted by molar-refractivity contribution is 7.89. The normalized spacial score (nSPS) is 15.1. The van der Waals surface area contributed by atoms with E-state index in [9.17, 15) is 13.2 Å². The Labute approximate surface area is 194 Å². The van der Waals surface area contributed by atoms with Crippen LogP contribution in [0, 0.1) is 34.6 Å². The number of hydrogen-bond acceptors (Lipinski definition) is 5. The number of amides is 1. The van der Waals surface area contributed by atoms with Crippen LogP contribution in [0.3, 0.4) is 0 Å². The summed E-state index contributed by atoms with van der Waals surface area (Å²) in [7, 11) is -3.66. The second-order valence-corrected chi connectivity index (χ2v) is 10.4. The molecule has 0 atom stereocenters. The second kappa shape index (κ2) is 8.72. The maximum absolute atomic E-state index is 13.5. The zero-order chi connectivity index (χ0) is 23.9. The van der Waals surface area contributed by atoms with E-state index in [1.165, 1.54) is 4.31 Å². The molecule has 0 saturated carbocycles. The van der Waals surface area contributed by atoms with Gasteiger partial charge in [-0.2, -0.15) is 4.31 Å². The minimum atomic E-state index is -3.66. The van der Waals surface area contributed by atoms with Crippen molar-refractivity contribution < 1.29 is 13.2 Å². The number of pyridine rings is 1. The molecule has 0 N–H and O–H groups in total. The van der Waals surface area contributed by atoms with Crippen LogP contribution in [0.25, 0.3) is 5.82 Å². The van der Waals surface area contributed by atoms with E-state index in [1.807, 2.05) is 34.6 Å². The van der Waals surface area contributed by atoms with Crippen LogP contribution in [0.15, 0.2) is 41.9 Å². The van der Waals surface area contributed by atoms with E-state index < -0.39 is 10.0 Å². The van der Waals surface area contributed by atoms with Crippen LogP contribution >= 0.6 is 0 Å². The average Bonchev–Trinajstić information content (AvgIpc) is 3.36. The lowest BCUT2D eigenvalue weighted by molar-refractivity contribution is 0.0697. The largest absolute Gasteiger partial charge is 0.336 e. The second-order valence-electron chi connectivity index (χ2n) is 8.53. The molecule has 3 aromatic rings. The van der Waals surface area contributed by atoms with Gasteiger partial charge in [-0.05, 0) is 74.6 Å². The lowest BCUT2D eigenvalue weighted by atomic mass is 9.95. The fourth-order valence-corrected chi connectivity index (χ4v) is 6.34. The Morgan fingerprint density at radius 2 is 1.48 bits per heavy atom. The molecule has 0 bridgehead atoms. The summed E-state index contributed by atoms with van der Waals surface area (Å²) in [6.45, 7) is 10.9. The highest BCUT2D eigenvalue weighted by Crippen LogP contribution is 2.32. The van der Waals surface area contributed by atoms with E-state index in [0.29, 0.717) is 29.4 Å². The molecular weight excluding hydrogens is 438 g/mol. The van der Waals surface area contributed by atoms with Gasteiger partial charge >= 0.3 is 0 Å². The Morgan fingerprint density at radius 1 is 0.879 bits per heavy atom. The van der Waals surface area contributed by atoms with E-state index in [-0.39, 0.29) is 19.0 Å². The standard InChI is InChI=1S/C24H29N5O3S/c1-16-17(2)19(4)23(20(5)18(16)3)33(31,32)29-12-10-27(11-13-29)24(30)21-6-7-22(26-14-21)28-9-8-25-15-28/h6-9,14-15H,10-13H2,1-5H3. The number of imidazole rings is 1. The SMILES string of the molecule is Cc1c(C)c(C)c(S(=O)(=O)N2CCN(C(=O)c3ccc(-n4ccnc4)nc3)CC2)c(C)c1C. The number of nitrogens with zero attached hydrogens (tertiary/aromatic N) is 5. The molecule has 4 rings (SSSR count). The summed E-state index contributed by atoms with van der Waals surface area (Å²) in [5.41, 5.74) is 5.24. The number of rotatable bonds is 4. The van der Waals surface area contributed by atoms with Crippen molar-refractivity contribution in [3.8, 4) is 5.82 Å². The van der Waals surface area contributed by atoms with Gasteiger partial charge in [0.25, 0.3) is 5.91 Å². The molecule has 0 aliphatic carbocycles. The lowest BCUT2D eigenvalue weighted by Gasteiger charge is -2.35. The van der Waals surface area contributed by atoms with Crippen molar-refractivity contribution in [3.05, 3.63) is 70.4 Å². The number of aromatic nitrogens is 3. The molecule has 33 heavy (non-hydrogen) atoms. The number of carbonyl (C=O) groups is 1. The first-order valence-electron chi connectivity index (χ1n) is 10.9. The lowest BCUT2D eigenvalue weighted by Crippen LogP contribution is -2.50. The first-order valence-corrected chi connectivity index (χ1v) is 12.4. The van der Waals surface area contributed by atoms with Crippen LogP contribution in [-0.2, 0) is 10.0 Å². The van der Waals surface area contributed by atoms with Crippen molar-refractivity contribution in [1.29, 1.82) is 0 Å². The quantitative estimate of drug-likeness (QED) is 0.589. The highest BCUT2D eigenvalue weighted by atomic mass is 32.2. The molecule has 9 heteroatoms. The molecule has 0 radical (unpaired) electrons. The molecule has 0 spiro atoms. The predicted octanol–water partition coefficient (Wildman–Crippen LogP) is 2.96. The van der Waals surface area contributed by atoms with Crippen LogP contribution < -0.4 is 0 Å².